The third kappa shape index (κ3) is 8.53. The number of hydrogen-bond acceptors (Lipinski definition) is 4. The topological polar surface area (TPSA) is 48.9 Å². The molecule has 32 heavy (non-hydrogen) atoms. The third-order valence-electron chi connectivity index (χ3n) is 5.32. The Hall–Kier alpha value is -1.36. The monoisotopic (exact) mass is 572 g/mol. The number of nitrogens with zero attached hydrogens (tertiary/aromatic N) is 2. The standard InChI is InChI=1S/C24H33FN4OS.HI/c1-18-15-29(9-10-30-18)16-20-6-4-5-19(11-20)13-27-24(26-2)28-14-21-7-8-23(25)12-22(21)17-31-3;/h4-8,11-12,18H,9-10,13-17H2,1-3H3,(H2,26,27,28);1H. The van der Waals surface area contributed by atoms with Crippen LogP contribution in [0.4, 0.5) is 4.39 Å². The zero-order chi connectivity index (χ0) is 22.1. The number of morpholine rings is 1. The second-order valence-electron chi connectivity index (χ2n) is 7.86. The van der Waals surface area contributed by atoms with Gasteiger partial charge in [0.2, 0.25) is 0 Å². The van der Waals surface area contributed by atoms with Gasteiger partial charge in [-0.05, 0) is 47.6 Å². The molecule has 0 aliphatic carbocycles. The van der Waals surface area contributed by atoms with Crippen LogP contribution in [0.25, 0.3) is 0 Å². The van der Waals surface area contributed by atoms with Crippen LogP contribution in [0.1, 0.15) is 29.2 Å². The van der Waals surface area contributed by atoms with Gasteiger partial charge in [-0.15, -0.1) is 24.0 Å². The first-order chi connectivity index (χ1) is 15.1. The van der Waals surface area contributed by atoms with Crippen LogP contribution in [0.3, 0.4) is 0 Å². The summed E-state index contributed by atoms with van der Waals surface area (Å²) in [6, 6.07) is 13.6. The first kappa shape index (κ1) is 26.9. The van der Waals surface area contributed by atoms with Crippen molar-refractivity contribution in [3.63, 3.8) is 0 Å². The second-order valence-corrected chi connectivity index (χ2v) is 8.73. The SMILES string of the molecule is CN=C(NCc1cccc(CN2CCOC(C)C2)c1)NCc1ccc(F)cc1CSC.I. The fraction of sp³-hybridized carbons (Fsp3) is 0.458. The average Bonchev–Trinajstić information content (AvgIpc) is 2.75. The van der Waals surface area contributed by atoms with Gasteiger partial charge in [0, 0.05) is 45.5 Å². The van der Waals surface area contributed by atoms with E-state index in [0.717, 1.165) is 49.1 Å². The number of rotatable bonds is 8. The Balaban J connectivity index is 0.00000363. The molecule has 1 heterocycles. The minimum atomic E-state index is -0.193. The highest BCUT2D eigenvalue weighted by atomic mass is 127. The van der Waals surface area contributed by atoms with Gasteiger partial charge in [-0.25, -0.2) is 4.39 Å². The van der Waals surface area contributed by atoms with E-state index in [4.69, 9.17) is 4.74 Å². The summed E-state index contributed by atoms with van der Waals surface area (Å²) in [6.07, 6.45) is 2.32. The number of hydrogen-bond donors (Lipinski definition) is 2. The lowest BCUT2D eigenvalue weighted by molar-refractivity contribution is -0.0212. The number of nitrogens with one attached hydrogen (secondary N) is 2. The molecule has 0 aromatic heterocycles. The molecular formula is C24H34FIN4OS. The van der Waals surface area contributed by atoms with Crippen LogP contribution in [0, 0.1) is 5.82 Å². The van der Waals surface area contributed by atoms with Crippen LogP contribution in [0.15, 0.2) is 47.5 Å². The average molecular weight is 573 g/mol. The Morgan fingerprint density at radius 2 is 1.94 bits per heavy atom. The lowest BCUT2D eigenvalue weighted by Gasteiger charge is -2.31. The van der Waals surface area contributed by atoms with Gasteiger partial charge < -0.3 is 15.4 Å². The summed E-state index contributed by atoms with van der Waals surface area (Å²) in [5.74, 6) is 1.32. The van der Waals surface area contributed by atoms with Crippen molar-refractivity contribution < 1.29 is 9.13 Å². The van der Waals surface area contributed by atoms with E-state index in [1.165, 1.54) is 17.2 Å². The number of thioether (sulfide) groups is 1. The minimum Gasteiger partial charge on any atom is -0.376 e. The molecule has 5 nitrogen and oxygen atoms in total. The molecule has 2 aromatic rings. The maximum absolute atomic E-state index is 13.6. The smallest absolute Gasteiger partial charge is 0.191 e. The second kappa shape index (κ2) is 14.0. The van der Waals surface area contributed by atoms with E-state index in [9.17, 15) is 4.39 Å². The van der Waals surface area contributed by atoms with Gasteiger partial charge in [0.15, 0.2) is 5.96 Å². The fourth-order valence-corrected chi connectivity index (χ4v) is 4.35. The lowest BCUT2D eigenvalue weighted by atomic mass is 10.1. The predicted octanol–water partition coefficient (Wildman–Crippen LogP) is 4.39. The Kier molecular flexibility index (Phi) is 11.8. The molecule has 1 aliphatic heterocycles. The maximum atomic E-state index is 13.6. The van der Waals surface area contributed by atoms with E-state index in [1.807, 2.05) is 12.3 Å². The fourth-order valence-electron chi connectivity index (χ4n) is 3.77. The van der Waals surface area contributed by atoms with Crippen LogP contribution >= 0.6 is 35.7 Å². The van der Waals surface area contributed by atoms with Crippen LogP contribution < -0.4 is 10.6 Å². The van der Waals surface area contributed by atoms with Gasteiger partial charge in [0.05, 0.1) is 12.7 Å². The molecule has 0 saturated carbocycles. The van der Waals surface area contributed by atoms with Crippen molar-refractivity contribution in [3.8, 4) is 0 Å². The molecule has 1 fully saturated rings. The summed E-state index contributed by atoms with van der Waals surface area (Å²) < 4.78 is 19.2. The van der Waals surface area contributed by atoms with Crippen molar-refractivity contribution in [2.45, 2.75) is 38.4 Å². The van der Waals surface area contributed by atoms with E-state index >= 15 is 0 Å². The van der Waals surface area contributed by atoms with E-state index < -0.39 is 0 Å². The summed E-state index contributed by atoms with van der Waals surface area (Å²) in [5, 5.41) is 6.73. The maximum Gasteiger partial charge on any atom is 0.191 e. The van der Waals surface area contributed by atoms with Gasteiger partial charge in [0.25, 0.3) is 0 Å². The molecule has 1 atom stereocenters. The zero-order valence-electron chi connectivity index (χ0n) is 19.1. The molecule has 0 amide bonds. The Labute approximate surface area is 212 Å². The third-order valence-corrected chi connectivity index (χ3v) is 5.92. The quantitative estimate of drug-likeness (QED) is 0.279. The molecule has 2 aromatic carbocycles. The molecule has 3 rings (SSSR count). The molecule has 0 radical (unpaired) electrons. The minimum absolute atomic E-state index is 0. The molecular weight excluding hydrogens is 538 g/mol. The van der Waals surface area contributed by atoms with Crippen molar-refractivity contribution in [2.24, 2.45) is 4.99 Å². The van der Waals surface area contributed by atoms with Crippen LogP contribution in [-0.2, 0) is 30.1 Å². The van der Waals surface area contributed by atoms with E-state index in [-0.39, 0.29) is 29.8 Å². The van der Waals surface area contributed by atoms with Crippen molar-refractivity contribution in [3.05, 3.63) is 70.5 Å². The highest BCUT2D eigenvalue weighted by Gasteiger charge is 2.16. The predicted molar refractivity (Wildman–Crippen MR) is 143 cm³/mol. The largest absolute Gasteiger partial charge is 0.376 e. The number of halogens is 2. The van der Waals surface area contributed by atoms with Gasteiger partial charge >= 0.3 is 0 Å². The molecule has 1 aliphatic rings. The number of aliphatic imine (C=N–C) groups is 1. The Morgan fingerprint density at radius 1 is 1.16 bits per heavy atom. The molecule has 1 saturated heterocycles. The summed E-state index contributed by atoms with van der Waals surface area (Å²) in [5.41, 5.74) is 4.62. The molecule has 0 bridgehead atoms. The number of ether oxygens (including phenoxy) is 1. The number of guanidine groups is 1. The summed E-state index contributed by atoms with van der Waals surface area (Å²) >= 11 is 1.69. The summed E-state index contributed by atoms with van der Waals surface area (Å²) in [6.45, 7) is 7.11. The van der Waals surface area contributed by atoms with Gasteiger partial charge in [-0.2, -0.15) is 11.8 Å². The highest BCUT2D eigenvalue weighted by Crippen LogP contribution is 2.17. The lowest BCUT2D eigenvalue weighted by Crippen LogP contribution is -2.40. The van der Waals surface area contributed by atoms with E-state index in [0.29, 0.717) is 19.2 Å². The van der Waals surface area contributed by atoms with Crippen LogP contribution in [0.2, 0.25) is 0 Å². The van der Waals surface area contributed by atoms with Crippen molar-refractivity contribution in [1.82, 2.24) is 15.5 Å². The Morgan fingerprint density at radius 3 is 2.69 bits per heavy atom. The molecule has 0 spiro atoms. The van der Waals surface area contributed by atoms with Gasteiger partial charge in [0.1, 0.15) is 5.82 Å². The van der Waals surface area contributed by atoms with Gasteiger partial charge in [-0.3, -0.25) is 9.89 Å². The zero-order valence-corrected chi connectivity index (χ0v) is 22.2. The van der Waals surface area contributed by atoms with Crippen molar-refractivity contribution in [1.29, 1.82) is 0 Å². The molecule has 2 N–H and O–H groups in total. The molecule has 176 valence electrons. The van der Waals surface area contributed by atoms with Gasteiger partial charge in [-0.1, -0.05) is 30.3 Å². The molecule has 1 unspecified atom stereocenters. The summed E-state index contributed by atoms with van der Waals surface area (Å²) in [4.78, 5) is 6.77. The van der Waals surface area contributed by atoms with E-state index in [1.54, 1.807) is 24.9 Å². The van der Waals surface area contributed by atoms with E-state index in [2.05, 4.69) is 51.7 Å². The first-order valence-electron chi connectivity index (χ1n) is 10.7. The first-order valence-corrected chi connectivity index (χ1v) is 12.1. The summed E-state index contributed by atoms with van der Waals surface area (Å²) in [7, 11) is 1.76. The van der Waals surface area contributed by atoms with Crippen molar-refractivity contribution >= 4 is 41.7 Å². The Bertz CT molecular complexity index is 883. The van der Waals surface area contributed by atoms with Crippen LogP contribution in [-0.4, -0.2) is 50.0 Å². The number of benzene rings is 2. The highest BCUT2D eigenvalue weighted by molar-refractivity contribution is 14.0. The normalized spacial score (nSPS) is 17.0. The van der Waals surface area contributed by atoms with Crippen LogP contribution in [0.5, 0.6) is 0 Å². The van der Waals surface area contributed by atoms with Crippen molar-refractivity contribution in [2.75, 3.05) is 33.0 Å². The molecule has 8 heteroatoms.